The lowest BCUT2D eigenvalue weighted by atomic mass is 9.46. The Kier molecular flexibility index (Phi) is 5.34. The molecule has 1 amide bonds. The minimum absolute atomic E-state index is 0.332. The summed E-state index contributed by atoms with van der Waals surface area (Å²) in [4.78, 5) is 14.5. The van der Waals surface area contributed by atoms with Crippen molar-refractivity contribution in [1.82, 2.24) is 4.90 Å². The topological polar surface area (TPSA) is 20.3 Å². The number of likely N-dealkylation sites (tertiary alicyclic amines) is 1. The maximum Gasteiger partial charge on any atom is 0.222 e. The molecule has 5 rings (SSSR count). The summed E-state index contributed by atoms with van der Waals surface area (Å²) < 4.78 is 0. The zero-order chi connectivity index (χ0) is 21.8. The number of hydrogen-bond acceptors (Lipinski definition) is 1. The van der Waals surface area contributed by atoms with Gasteiger partial charge < -0.3 is 4.90 Å². The van der Waals surface area contributed by atoms with Crippen LogP contribution in [0.25, 0.3) is 6.08 Å². The maximum atomic E-state index is 12.4. The first kappa shape index (κ1) is 21.3. The molecule has 0 N–H and O–H groups in total. The highest BCUT2D eigenvalue weighted by Gasteiger charge is 2.61. The number of fused-ring (bicyclic) bond motifs is 5. The average Bonchev–Trinajstić information content (AvgIpc) is 3.13. The number of rotatable bonds is 3. The molecular formula is C29H41NO. The Bertz CT molecular complexity index is 859. The molecule has 1 saturated heterocycles. The van der Waals surface area contributed by atoms with Gasteiger partial charge in [0.2, 0.25) is 5.91 Å². The Labute approximate surface area is 189 Å². The van der Waals surface area contributed by atoms with Gasteiger partial charge in [-0.2, -0.15) is 0 Å². The molecule has 1 heterocycles. The third kappa shape index (κ3) is 3.23. The standard InChI is InChI=1S/C29H41NO/c1-5-21(19-20-9-7-6-8-10-20)23-12-13-24-22-11-14-26-29(3,18-16-27(31)30(26)4)25(22)15-17-28(23,24)2/h6-10,19,22-26H,5,11-18H2,1-4H3/t22-,23+,24-,25-,26?,28+,29+/m0/s1. The first-order valence-corrected chi connectivity index (χ1v) is 12.9. The predicted molar refractivity (Wildman–Crippen MR) is 128 cm³/mol. The van der Waals surface area contributed by atoms with Crippen LogP contribution in [-0.4, -0.2) is 23.9 Å². The molecule has 2 nitrogen and oxygen atoms in total. The van der Waals surface area contributed by atoms with Crippen molar-refractivity contribution in [1.29, 1.82) is 0 Å². The smallest absolute Gasteiger partial charge is 0.222 e. The Hall–Kier alpha value is -1.57. The number of benzene rings is 1. The number of hydrogen-bond donors (Lipinski definition) is 0. The highest BCUT2D eigenvalue weighted by Crippen LogP contribution is 2.67. The van der Waals surface area contributed by atoms with E-state index in [1.165, 1.54) is 50.5 Å². The van der Waals surface area contributed by atoms with E-state index in [1.807, 2.05) is 0 Å². The Morgan fingerprint density at radius 3 is 2.48 bits per heavy atom. The van der Waals surface area contributed by atoms with Crippen LogP contribution < -0.4 is 0 Å². The van der Waals surface area contributed by atoms with Crippen LogP contribution in [0.1, 0.15) is 84.1 Å². The van der Waals surface area contributed by atoms with Gasteiger partial charge >= 0.3 is 0 Å². The van der Waals surface area contributed by atoms with Crippen molar-refractivity contribution < 1.29 is 4.79 Å². The highest BCUT2D eigenvalue weighted by atomic mass is 16.2. The van der Waals surface area contributed by atoms with E-state index in [0.717, 1.165) is 36.5 Å². The normalized spacial score (nSPS) is 42.7. The van der Waals surface area contributed by atoms with Crippen LogP contribution in [0.4, 0.5) is 0 Å². The molecule has 0 spiro atoms. The quantitative estimate of drug-likeness (QED) is 0.518. The molecule has 0 radical (unpaired) electrons. The summed E-state index contributed by atoms with van der Waals surface area (Å²) in [7, 11) is 2.07. The molecule has 1 aliphatic heterocycles. The Morgan fingerprint density at radius 1 is 1.00 bits per heavy atom. The van der Waals surface area contributed by atoms with Gasteiger partial charge in [0.05, 0.1) is 0 Å². The first-order valence-electron chi connectivity index (χ1n) is 12.9. The van der Waals surface area contributed by atoms with E-state index in [2.05, 4.69) is 69.1 Å². The summed E-state index contributed by atoms with van der Waals surface area (Å²) in [5.74, 6) is 3.65. The number of carbonyl (C=O) groups is 1. The number of piperidine rings is 1. The van der Waals surface area contributed by atoms with E-state index in [0.29, 0.717) is 22.8 Å². The lowest BCUT2D eigenvalue weighted by Gasteiger charge is -2.62. The number of carbonyl (C=O) groups excluding carboxylic acids is 1. The zero-order valence-corrected chi connectivity index (χ0v) is 20.1. The number of allylic oxidation sites excluding steroid dienone is 1. The molecule has 4 fully saturated rings. The number of amides is 1. The van der Waals surface area contributed by atoms with E-state index in [4.69, 9.17) is 0 Å². The minimum Gasteiger partial charge on any atom is -0.342 e. The van der Waals surface area contributed by atoms with Gasteiger partial charge in [-0.1, -0.05) is 62.8 Å². The van der Waals surface area contributed by atoms with Crippen LogP contribution in [0.15, 0.2) is 35.9 Å². The largest absolute Gasteiger partial charge is 0.342 e. The van der Waals surface area contributed by atoms with Crippen LogP contribution in [0.3, 0.4) is 0 Å². The molecule has 1 unspecified atom stereocenters. The van der Waals surface area contributed by atoms with E-state index in [9.17, 15) is 4.79 Å². The molecule has 3 saturated carbocycles. The lowest BCUT2D eigenvalue weighted by molar-refractivity contribution is -0.157. The van der Waals surface area contributed by atoms with Gasteiger partial charge in [-0.05, 0) is 91.4 Å². The molecule has 1 aromatic carbocycles. The van der Waals surface area contributed by atoms with Gasteiger partial charge in [-0.3, -0.25) is 4.79 Å². The minimum atomic E-state index is 0.332. The summed E-state index contributed by atoms with van der Waals surface area (Å²) in [6, 6.07) is 11.4. The molecule has 2 heteroatoms. The molecule has 31 heavy (non-hydrogen) atoms. The van der Waals surface area contributed by atoms with Crippen LogP contribution in [0, 0.1) is 34.5 Å². The van der Waals surface area contributed by atoms with E-state index >= 15 is 0 Å². The number of nitrogens with zero attached hydrogens (tertiary/aromatic N) is 1. The summed E-state index contributed by atoms with van der Waals surface area (Å²) in [6.07, 6.45) is 13.6. The summed E-state index contributed by atoms with van der Waals surface area (Å²) in [5.41, 5.74) is 3.83. The fourth-order valence-corrected chi connectivity index (χ4v) is 8.97. The Morgan fingerprint density at radius 2 is 1.74 bits per heavy atom. The summed E-state index contributed by atoms with van der Waals surface area (Å²) >= 11 is 0. The summed E-state index contributed by atoms with van der Waals surface area (Å²) in [6.45, 7) is 7.54. The van der Waals surface area contributed by atoms with Crippen LogP contribution in [0.2, 0.25) is 0 Å². The van der Waals surface area contributed by atoms with Crippen LogP contribution in [-0.2, 0) is 4.79 Å². The van der Waals surface area contributed by atoms with Gasteiger partial charge in [0.25, 0.3) is 0 Å². The predicted octanol–water partition coefficient (Wildman–Crippen LogP) is 6.96. The van der Waals surface area contributed by atoms with Gasteiger partial charge in [-0.15, -0.1) is 0 Å². The van der Waals surface area contributed by atoms with Crippen molar-refractivity contribution in [2.45, 2.75) is 84.6 Å². The SMILES string of the molecule is CCC(=Cc1ccccc1)[C@H]1CC[C@H]2[C@@H]3CCC4N(C)C(=O)CC[C@]4(C)[C@H]3CC[C@]12C. The molecule has 7 atom stereocenters. The fourth-order valence-electron chi connectivity index (χ4n) is 8.97. The van der Waals surface area contributed by atoms with E-state index in [-0.39, 0.29) is 0 Å². The fraction of sp³-hybridized carbons (Fsp3) is 0.690. The third-order valence-corrected chi connectivity index (χ3v) is 10.6. The van der Waals surface area contributed by atoms with Gasteiger partial charge in [0, 0.05) is 19.5 Å². The highest BCUT2D eigenvalue weighted by molar-refractivity contribution is 5.77. The molecule has 1 aromatic rings. The third-order valence-electron chi connectivity index (χ3n) is 10.6. The van der Waals surface area contributed by atoms with E-state index in [1.54, 1.807) is 5.57 Å². The first-order chi connectivity index (χ1) is 14.9. The molecular weight excluding hydrogens is 378 g/mol. The van der Waals surface area contributed by atoms with Crippen molar-refractivity contribution in [3.05, 3.63) is 41.5 Å². The lowest BCUT2D eigenvalue weighted by Crippen LogP contribution is -2.61. The van der Waals surface area contributed by atoms with Crippen molar-refractivity contribution in [3.8, 4) is 0 Å². The van der Waals surface area contributed by atoms with Crippen molar-refractivity contribution in [2.24, 2.45) is 34.5 Å². The second-order valence-electron chi connectivity index (χ2n) is 11.6. The van der Waals surface area contributed by atoms with Crippen LogP contribution >= 0.6 is 0 Å². The van der Waals surface area contributed by atoms with Crippen molar-refractivity contribution in [3.63, 3.8) is 0 Å². The molecule has 168 valence electrons. The maximum absolute atomic E-state index is 12.4. The Balaban J connectivity index is 1.42. The molecule has 4 aliphatic rings. The van der Waals surface area contributed by atoms with Gasteiger partial charge in [-0.25, -0.2) is 0 Å². The second-order valence-corrected chi connectivity index (χ2v) is 11.6. The molecule has 0 aromatic heterocycles. The zero-order valence-electron chi connectivity index (χ0n) is 20.1. The second kappa shape index (κ2) is 7.78. The van der Waals surface area contributed by atoms with Crippen LogP contribution in [0.5, 0.6) is 0 Å². The average molecular weight is 420 g/mol. The van der Waals surface area contributed by atoms with E-state index < -0.39 is 0 Å². The van der Waals surface area contributed by atoms with Gasteiger partial charge in [0.1, 0.15) is 0 Å². The van der Waals surface area contributed by atoms with Crippen molar-refractivity contribution in [2.75, 3.05) is 7.05 Å². The van der Waals surface area contributed by atoms with Crippen molar-refractivity contribution >= 4 is 12.0 Å². The van der Waals surface area contributed by atoms with Gasteiger partial charge in [0.15, 0.2) is 0 Å². The summed E-state index contributed by atoms with van der Waals surface area (Å²) in [5, 5.41) is 0. The monoisotopic (exact) mass is 419 g/mol. The molecule has 3 aliphatic carbocycles. The molecule has 0 bridgehead atoms.